The molecular formula is C18H15NO4. The monoisotopic (exact) mass is 309 g/mol. The Balaban J connectivity index is 0.000000485. The van der Waals surface area contributed by atoms with E-state index in [1.165, 1.54) is 0 Å². The molecule has 0 unspecified atom stereocenters. The van der Waals surface area contributed by atoms with Crippen LogP contribution in [-0.2, 0) is 11.3 Å². The van der Waals surface area contributed by atoms with Crippen molar-refractivity contribution in [3.63, 3.8) is 0 Å². The first kappa shape index (κ1) is 14.8. The number of benzene rings is 2. The minimum absolute atomic E-state index is 0.108. The van der Waals surface area contributed by atoms with Crippen molar-refractivity contribution in [2.45, 2.75) is 6.54 Å². The maximum Gasteiger partial charge on any atom is 0.290 e. The summed E-state index contributed by atoms with van der Waals surface area (Å²) in [4.78, 5) is 22.0. The standard InChI is InChI=1S/C17H13NO2.CH2O2/c1-18-10-14-9-11(2-4-15(14)17(18)19)12-3-5-16-13(8-12)6-7-20-16;2-1-3/h2-9H,10H2,1H3;1H,(H,2,3). The van der Waals surface area contributed by atoms with E-state index in [1.807, 2.05) is 37.4 Å². The van der Waals surface area contributed by atoms with Gasteiger partial charge in [0.25, 0.3) is 12.4 Å². The highest BCUT2D eigenvalue weighted by atomic mass is 16.3. The second-order valence-corrected chi connectivity index (χ2v) is 5.31. The Kier molecular flexibility index (Phi) is 3.85. The zero-order valence-corrected chi connectivity index (χ0v) is 12.5. The molecular weight excluding hydrogens is 294 g/mol. The van der Waals surface area contributed by atoms with E-state index in [1.54, 1.807) is 11.2 Å². The van der Waals surface area contributed by atoms with E-state index in [9.17, 15) is 4.79 Å². The lowest BCUT2D eigenvalue weighted by molar-refractivity contribution is -0.122. The lowest BCUT2D eigenvalue weighted by atomic mass is 9.99. The van der Waals surface area contributed by atoms with Crippen LogP contribution in [0.3, 0.4) is 0 Å². The van der Waals surface area contributed by atoms with Gasteiger partial charge in [0.1, 0.15) is 5.58 Å². The lowest BCUT2D eigenvalue weighted by Gasteiger charge is -2.05. The highest BCUT2D eigenvalue weighted by Crippen LogP contribution is 2.29. The zero-order valence-electron chi connectivity index (χ0n) is 12.5. The minimum atomic E-state index is -0.250. The molecule has 5 heteroatoms. The summed E-state index contributed by atoms with van der Waals surface area (Å²) in [5, 5.41) is 7.98. The van der Waals surface area contributed by atoms with Crippen LogP contribution in [-0.4, -0.2) is 29.4 Å². The van der Waals surface area contributed by atoms with Gasteiger partial charge in [-0.25, -0.2) is 0 Å². The summed E-state index contributed by atoms with van der Waals surface area (Å²) in [7, 11) is 1.83. The summed E-state index contributed by atoms with van der Waals surface area (Å²) in [6.07, 6.45) is 1.70. The van der Waals surface area contributed by atoms with Crippen LogP contribution >= 0.6 is 0 Å². The van der Waals surface area contributed by atoms with Crippen molar-refractivity contribution in [1.29, 1.82) is 0 Å². The van der Waals surface area contributed by atoms with Crippen LogP contribution in [0.15, 0.2) is 53.1 Å². The lowest BCUT2D eigenvalue weighted by Crippen LogP contribution is -2.17. The summed E-state index contributed by atoms with van der Waals surface area (Å²) in [6.45, 7) is 0.440. The number of carbonyl (C=O) groups is 2. The normalized spacial score (nSPS) is 12.7. The fourth-order valence-corrected chi connectivity index (χ4v) is 2.79. The summed E-state index contributed by atoms with van der Waals surface area (Å²) in [5.74, 6) is 0.108. The Bertz CT molecular complexity index is 882. The maximum absolute atomic E-state index is 11.9. The van der Waals surface area contributed by atoms with Gasteiger partial charge in [-0.3, -0.25) is 9.59 Å². The summed E-state index contributed by atoms with van der Waals surface area (Å²) in [5.41, 5.74) is 5.09. The van der Waals surface area contributed by atoms with Crippen LogP contribution < -0.4 is 0 Å². The molecule has 1 aliphatic rings. The first-order valence-corrected chi connectivity index (χ1v) is 7.08. The third-order valence-corrected chi connectivity index (χ3v) is 3.88. The molecule has 0 atom stereocenters. The minimum Gasteiger partial charge on any atom is -0.483 e. The number of hydrogen-bond donors (Lipinski definition) is 1. The fraction of sp³-hybridized carbons (Fsp3) is 0.111. The molecule has 0 spiro atoms. The number of hydrogen-bond acceptors (Lipinski definition) is 3. The molecule has 2 aromatic carbocycles. The van der Waals surface area contributed by atoms with Crippen molar-refractivity contribution >= 4 is 23.3 Å². The zero-order chi connectivity index (χ0) is 16.4. The van der Waals surface area contributed by atoms with Crippen molar-refractivity contribution < 1.29 is 19.1 Å². The van der Waals surface area contributed by atoms with E-state index in [2.05, 4.69) is 12.1 Å². The molecule has 0 saturated heterocycles. The molecule has 3 aromatic rings. The second kappa shape index (κ2) is 5.96. The molecule has 0 fully saturated rings. The first-order valence-electron chi connectivity index (χ1n) is 7.08. The van der Waals surface area contributed by atoms with Crippen molar-refractivity contribution in [3.8, 4) is 11.1 Å². The number of carbonyl (C=O) groups excluding carboxylic acids is 1. The summed E-state index contributed by atoms with van der Waals surface area (Å²) >= 11 is 0. The Hall–Kier alpha value is -3.08. The van der Waals surface area contributed by atoms with E-state index >= 15 is 0 Å². The smallest absolute Gasteiger partial charge is 0.290 e. The van der Waals surface area contributed by atoms with Gasteiger partial charge in [-0.2, -0.15) is 0 Å². The van der Waals surface area contributed by atoms with Gasteiger partial charge in [0.15, 0.2) is 0 Å². The average Bonchev–Trinajstić information content (AvgIpc) is 3.12. The van der Waals surface area contributed by atoms with Crippen LogP contribution in [0.1, 0.15) is 15.9 Å². The molecule has 23 heavy (non-hydrogen) atoms. The number of furan rings is 1. The fourth-order valence-electron chi connectivity index (χ4n) is 2.79. The molecule has 5 nitrogen and oxygen atoms in total. The van der Waals surface area contributed by atoms with Crippen LogP contribution in [0.2, 0.25) is 0 Å². The molecule has 0 aliphatic carbocycles. The molecule has 0 radical (unpaired) electrons. The topological polar surface area (TPSA) is 70.8 Å². The first-order chi connectivity index (χ1) is 11.1. The largest absolute Gasteiger partial charge is 0.483 e. The SMILES string of the molecule is CN1Cc2cc(-c3ccc4occc4c3)ccc2C1=O.O=CO. The van der Waals surface area contributed by atoms with E-state index in [4.69, 9.17) is 14.3 Å². The molecule has 2 heterocycles. The molecule has 1 aliphatic heterocycles. The summed E-state index contributed by atoms with van der Waals surface area (Å²) in [6, 6.07) is 14.2. The van der Waals surface area contributed by atoms with Gasteiger partial charge in [0.05, 0.1) is 6.26 Å². The molecule has 1 N–H and O–H groups in total. The summed E-state index contributed by atoms with van der Waals surface area (Å²) < 4.78 is 5.36. The number of amides is 1. The predicted octanol–water partition coefficient (Wildman–Crippen LogP) is 3.39. The van der Waals surface area contributed by atoms with Crippen LogP contribution in [0, 0.1) is 0 Å². The average molecular weight is 309 g/mol. The molecule has 1 aromatic heterocycles. The van der Waals surface area contributed by atoms with Crippen LogP contribution in [0.5, 0.6) is 0 Å². The number of fused-ring (bicyclic) bond motifs is 2. The third-order valence-electron chi connectivity index (χ3n) is 3.88. The van der Waals surface area contributed by atoms with E-state index in [0.717, 1.165) is 33.2 Å². The van der Waals surface area contributed by atoms with E-state index in [-0.39, 0.29) is 12.4 Å². The van der Waals surface area contributed by atoms with Crippen molar-refractivity contribution in [2.24, 2.45) is 0 Å². The quantitative estimate of drug-likeness (QED) is 0.699. The molecule has 116 valence electrons. The highest BCUT2D eigenvalue weighted by molar-refractivity contribution is 5.99. The van der Waals surface area contributed by atoms with Gasteiger partial charge >= 0.3 is 0 Å². The Labute approximate surface area is 132 Å². The molecule has 4 rings (SSSR count). The number of nitrogens with zero attached hydrogens (tertiary/aromatic N) is 1. The van der Waals surface area contributed by atoms with E-state index < -0.39 is 0 Å². The number of rotatable bonds is 1. The van der Waals surface area contributed by atoms with Crippen LogP contribution in [0.25, 0.3) is 22.1 Å². The van der Waals surface area contributed by atoms with Gasteiger partial charge in [-0.1, -0.05) is 12.1 Å². The van der Waals surface area contributed by atoms with Crippen molar-refractivity contribution in [3.05, 3.63) is 59.9 Å². The maximum atomic E-state index is 11.9. The highest BCUT2D eigenvalue weighted by Gasteiger charge is 2.24. The van der Waals surface area contributed by atoms with Crippen molar-refractivity contribution in [1.82, 2.24) is 4.90 Å². The van der Waals surface area contributed by atoms with Gasteiger partial charge in [0, 0.05) is 24.5 Å². The molecule has 1 amide bonds. The molecule has 0 bridgehead atoms. The predicted molar refractivity (Wildman–Crippen MR) is 86.1 cm³/mol. The van der Waals surface area contributed by atoms with E-state index in [0.29, 0.717) is 6.54 Å². The third kappa shape index (κ3) is 2.68. The van der Waals surface area contributed by atoms with Gasteiger partial charge in [-0.05, 0) is 47.0 Å². The van der Waals surface area contributed by atoms with Crippen LogP contribution in [0.4, 0.5) is 0 Å². The molecule has 0 saturated carbocycles. The second-order valence-electron chi connectivity index (χ2n) is 5.31. The Morgan fingerprint density at radius 1 is 1.13 bits per heavy atom. The number of carboxylic acid groups (broad SMARTS) is 1. The van der Waals surface area contributed by atoms with Crippen molar-refractivity contribution in [2.75, 3.05) is 7.05 Å². The van der Waals surface area contributed by atoms with Gasteiger partial charge in [-0.15, -0.1) is 0 Å². The Morgan fingerprint density at radius 2 is 1.83 bits per heavy atom. The Morgan fingerprint density at radius 3 is 2.61 bits per heavy atom. The van der Waals surface area contributed by atoms with Gasteiger partial charge < -0.3 is 14.4 Å². The van der Waals surface area contributed by atoms with Gasteiger partial charge in [0.2, 0.25) is 0 Å².